The van der Waals surface area contributed by atoms with E-state index in [0.717, 1.165) is 13.1 Å². The van der Waals surface area contributed by atoms with Gasteiger partial charge in [-0.15, -0.1) is 0 Å². The summed E-state index contributed by atoms with van der Waals surface area (Å²) in [5.74, 6) is -0.891. The van der Waals surface area contributed by atoms with Crippen molar-refractivity contribution >= 4 is 5.97 Å². The SMILES string of the molecule is CN(C=CC(=O)O)CCN1CCCC1. The summed E-state index contributed by atoms with van der Waals surface area (Å²) < 4.78 is 0. The molecule has 14 heavy (non-hydrogen) atoms. The quantitative estimate of drug-likeness (QED) is 0.657. The van der Waals surface area contributed by atoms with E-state index in [9.17, 15) is 4.79 Å². The van der Waals surface area contributed by atoms with Crippen molar-refractivity contribution in [2.45, 2.75) is 12.8 Å². The number of aliphatic carboxylic acids is 1. The summed E-state index contributed by atoms with van der Waals surface area (Å²) in [6.07, 6.45) is 5.38. The molecule has 0 unspecified atom stereocenters. The van der Waals surface area contributed by atoms with Gasteiger partial charge in [-0.25, -0.2) is 4.79 Å². The van der Waals surface area contributed by atoms with Crippen molar-refractivity contribution in [1.29, 1.82) is 0 Å². The van der Waals surface area contributed by atoms with E-state index in [4.69, 9.17) is 5.11 Å². The Kier molecular flexibility index (Phi) is 4.46. The lowest BCUT2D eigenvalue weighted by atomic mass is 10.4. The van der Waals surface area contributed by atoms with Gasteiger partial charge in [-0.3, -0.25) is 0 Å². The van der Waals surface area contributed by atoms with Crippen LogP contribution < -0.4 is 0 Å². The smallest absolute Gasteiger partial charge is 0.329 e. The number of carboxylic acids is 1. The van der Waals surface area contributed by atoms with Crippen LogP contribution in [0.4, 0.5) is 0 Å². The third kappa shape index (κ3) is 4.28. The lowest BCUT2D eigenvalue weighted by Crippen LogP contribution is -2.29. The van der Waals surface area contributed by atoms with Crippen LogP contribution in [0.15, 0.2) is 12.3 Å². The first kappa shape index (κ1) is 11.0. The minimum absolute atomic E-state index is 0.891. The van der Waals surface area contributed by atoms with E-state index in [1.54, 1.807) is 6.20 Å². The summed E-state index contributed by atoms with van der Waals surface area (Å²) in [7, 11) is 1.90. The summed E-state index contributed by atoms with van der Waals surface area (Å²) in [5.41, 5.74) is 0. The van der Waals surface area contributed by atoms with Crippen LogP contribution in [0.1, 0.15) is 12.8 Å². The first-order chi connectivity index (χ1) is 6.68. The molecule has 1 fully saturated rings. The van der Waals surface area contributed by atoms with Crippen LogP contribution in [0.25, 0.3) is 0 Å². The molecule has 0 aromatic heterocycles. The number of hydrogen-bond donors (Lipinski definition) is 1. The molecule has 0 bridgehead atoms. The molecule has 0 aliphatic carbocycles. The van der Waals surface area contributed by atoms with Crippen molar-refractivity contribution in [2.24, 2.45) is 0 Å². The largest absolute Gasteiger partial charge is 0.478 e. The van der Waals surface area contributed by atoms with Gasteiger partial charge < -0.3 is 14.9 Å². The topological polar surface area (TPSA) is 43.8 Å². The summed E-state index contributed by atoms with van der Waals surface area (Å²) in [6, 6.07) is 0. The summed E-state index contributed by atoms with van der Waals surface area (Å²) in [6.45, 7) is 4.30. The number of hydrogen-bond acceptors (Lipinski definition) is 3. The van der Waals surface area contributed by atoms with Gasteiger partial charge in [0.2, 0.25) is 0 Å². The second-order valence-corrected chi connectivity index (χ2v) is 3.68. The molecule has 80 valence electrons. The van der Waals surface area contributed by atoms with Crippen molar-refractivity contribution in [2.75, 3.05) is 33.2 Å². The highest BCUT2D eigenvalue weighted by atomic mass is 16.4. The van der Waals surface area contributed by atoms with Gasteiger partial charge in [0.1, 0.15) is 0 Å². The van der Waals surface area contributed by atoms with Gasteiger partial charge in [-0.2, -0.15) is 0 Å². The van der Waals surface area contributed by atoms with Crippen molar-refractivity contribution in [3.05, 3.63) is 12.3 Å². The van der Waals surface area contributed by atoms with Crippen LogP contribution in [-0.4, -0.2) is 54.1 Å². The Labute approximate surface area is 84.8 Å². The fourth-order valence-electron chi connectivity index (χ4n) is 1.57. The molecule has 4 heteroatoms. The molecule has 0 aromatic carbocycles. The van der Waals surface area contributed by atoms with Crippen LogP contribution in [0.5, 0.6) is 0 Å². The Morgan fingerprint density at radius 1 is 1.50 bits per heavy atom. The molecule has 0 spiro atoms. The number of nitrogens with zero attached hydrogens (tertiary/aromatic N) is 2. The summed E-state index contributed by atoms with van der Waals surface area (Å²) in [4.78, 5) is 14.6. The summed E-state index contributed by atoms with van der Waals surface area (Å²) >= 11 is 0. The van der Waals surface area contributed by atoms with E-state index in [0.29, 0.717) is 0 Å². The molecule has 0 amide bonds. The highest BCUT2D eigenvalue weighted by Crippen LogP contribution is 2.06. The minimum atomic E-state index is -0.891. The first-order valence-corrected chi connectivity index (χ1v) is 5.02. The number of carboxylic acid groups (broad SMARTS) is 1. The van der Waals surface area contributed by atoms with Crippen LogP contribution >= 0.6 is 0 Å². The van der Waals surface area contributed by atoms with Crippen LogP contribution in [0.3, 0.4) is 0 Å². The molecule has 4 nitrogen and oxygen atoms in total. The lowest BCUT2D eigenvalue weighted by molar-refractivity contribution is -0.131. The molecule has 1 N–H and O–H groups in total. The Hall–Kier alpha value is -1.03. The van der Waals surface area contributed by atoms with Crippen LogP contribution in [0.2, 0.25) is 0 Å². The van der Waals surface area contributed by atoms with Crippen molar-refractivity contribution in [3.8, 4) is 0 Å². The van der Waals surface area contributed by atoms with E-state index in [-0.39, 0.29) is 0 Å². The zero-order valence-electron chi connectivity index (χ0n) is 8.65. The third-order valence-electron chi connectivity index (χ3n) is 2.44. The van der Waals surface area contributed by atoms with E-state index in [2.05, 4.69) is 4.90 Å². The van der Waals surface area contributed by atoms with Gasteiger partial charge in [0.05, 0.1) is 0 Å². The molecule has 1 heterocycles. The van der Waals surface area contributed by atoms with E-state index < -0.39 is 5.97 Å². The average molecular weight is 198 g/mol. The number of likely N-dealkylation sites (N-methyl/N-ethyl adjacent to an activating group) is 1. The van der Waals surface area contributed by atoms with Crippen molar-refractivity contribution in [1.82, 2.24) is 9.80 Å². The lowest BCUT2D eigenvalue weighted by Gasteiger charge is -2.19. The maximum atomic E-state index is 10.2. The highest BCUT2D eigenvalue weighted by Gasteiger charge is 2.10. The predicted molar refractivity (Wildman–Crippen MR) is 55.1 cm³/mol. The standard InChI is InChI=1S/C10H18N2O2/c1-11(7-4-10(13)14)8-9-12-5-2-3-6-12/h4,7H,2-3,5-6,8-9H2,1H3,(H,13,14). The van der Waals surface area contributed by atoms with Crippen LogP contribution in [-0.2, 0) is 4.79 Å². The molecule has 0 radical (unpaired) electrons. The zero-order valence-corrected chi connectivity index (χ0v) is 8.65. The van der Waals surface area contributed by atoms with Gasteiger partial charge >= 0.3 is 5.97 Å². The van der Waals surface area contributed by atoms with E-state index >= 15 is 0 Å². The minimum Gasteiger partial charge on any atom is -0.478 e. The van der Waals surface area contributed by atoms with Gasteiger partial charge in [-0.05, 0) is 25.9 Å². The zero-order chi connectivity index (χ0) is 10.4. The molecule has 0 atom stereocenters. The maximum absolute atomic E-state index is 10.2. The predicted octanol–water partition coefficient (Wildman–Crippen LogP) is 0.612. The first-order valence-electron chi connectivity index (χ1n) is 5.02. The molecule has 1 saturated heterocycles. The molecular weight excluding hydrogens is 180 g/mol. The van der Waals surface area contributed by atoms with E-state index in [1.165, 1.54) is 32.0 Å². The number of likely N-dealkylation sites (tertiary alicyclic amines) is 1. The number of carbonyl (C=O) groups is 1. The Balaban J connectivity index is 2.13. The second kappa shape index (κ2) is 5.65. The Bertz CT molecular complexity index is 210. The second-order valence-electron chi connectivity index (χ2n) is 3.68. The van der Waals surface area contributed by atoms with Gasteiger partial charge in [0.15, 0.2) is 0 Å². The summed E-state index contributed by atoms with van der Waals surface area (Å²) in [5, 5.41) is 8.42. The molecule has 1 aliphatic heterocycles. The maximum Gasteiger partial charge on any atom is 0.329 e. The van der Waals surface area contributed by atoms with Crippen molar-refractivity contribution < 1.29 is 9.90 Å². The third-order valence-corrected chi connectivity index (χ3v) is 2.44. The molecular formula is C10H18N2O2. The highest BCUT2D eigenvalue weighted by molar-refractivity contribution is 5.79. The van der Waals surface area contributed by atoms with E-state index in [1.807, 2.05) is 11.9 Å². The molecule has 1 aliphatic rings. The van der Waals surface area contributed by atoms with Crippen LogP contribution in [0, 0.1) is 0 Å². The average Bonchev–Trinajstić information content (AvgIpc) is 2.63. The normalized spacial score (nSPS) is 17.8. The fourth-order valence-corrected chi connectivity index (χ4v) is 1.57. The van der Waals surface area contributed by atoms with Gasteiger partial charge in [-0.1, -0.05) is 0 Å². The van der Waals surface area contributed by atoms with Gasteiger partial charge in [0, 0.05) is 32.4 Å². The number of rotatable bonds is 5. The molecule has 1 rings (SSSR count). The molecule has 0 aromatic rings. The Morgan fingerprint density at radius 2 is 2.14 bits per heavy atom. The van der Waals surface area contributed by atoms with Crippen molar-refractivity contribution in [3.63, 3.8) is 0 Å². The fraction of sp³-hybridized carbons (Fsp3) is 0.700. The molecule has 0 saturated carbocycles. The Morgan fingerprint density at radius 3 is 2.71 bits per heavy atom. The monoisotopic (exact) mass is 198 g/mol. The van der Waals surface area contributed by atoms with Gasteiger partial charge in [0.25, 0.3) is 0 Å².